The van der Waals surface area contributed by atoms with Gasteiger partial charge in [0.2, 0.25) is 0 Å². The van der Waals surface area contributed by atoms with Crippen LogP contribution in [0, 0.1) is 0 Å². The summed E-state index contributed by atoms with van der Waals surface area (Å²) in [6, 6.07) is 16.7. The zero-order chi connectivity index (χ0) is 18.9. The number of ether oxygens (including phenoxy) is 2. The van der Waals surface area contributed by atoms with Gasteiger partial charge in [0.1, 0.15) is 5.75 Å². The molecule has 1 N–H and O–H groups in total. The summed E-state index contributed by atoms with van der Waals surface area (Å²) in [7, 11) is 0. The Bertz CT molecular complexity index is 711. The van der Waals surface area contributed by atoms with E-state index < -0.39 is 12.1 Å². The van der Waals surface area contributed by atoms with Gasteiger partial charge in [-0.1, -0.05) is 51.1 Å². The molecular formula is C21H25NO4. The van der Waals surface area contributed by atoms with Crippen molar-refractivity contribution in [2.75, 3.05) is 11.9 Å². The number of hydrogen-bond donors (Lipinski definition) is 1. The van der Waals surface area contributed by atoms with E-state index in [4.69, 9.17) is 9.47 Å². The lowest BCUT2D eigenvalue weighted by molar-refractivity contribution is -0.154. The van der Waals surface area contributed by atoms with Gasteiger partial charge in [-0.2, -0.15) is 0 Å². The average molecular weight is 355 g/mol. The molecule has 0 spiro atoms. The number of esters is 1. The maximum atomic E-state index is 12.1. The van der Waals surface area contributed by atoms with Crippen LogP contribution in [0.25, 0.3) is 0 Å². The SMILES string of the molecule is CC[C@H](Oc1ccccc1)C(=O)OCC(=O)Nc1ccc(C(C)C)cc1. The van der Waals surface area contributed by atoms with Crippen LogP contribution in [0.1, 0.15) is 38.7 Å². The first kappa shape index (κ1) is 19.5. The zero-order valence-corrected chi connectivity index (χ0v) is 15.4. The van der Waals surface area contributed by atoms with E-state index in [0.29, 0.717) is 23.8 Å². The summed E-state index contributed by atoms with van der Waals surface area (Å²) in [5, 5.41) is 2.71. The van der Waals surface area contributed by atoms with Gasteiger partial charge in [-0.15, -0.1) is 0 Å². The Morgan fingerprint density at radius 1 is 1.00 bits per heavy atom. The molecule has 5 heteroatoms. The number of benzene rings is 2. The van der Waals surface area contributed by atoms with E-state index in [2.05, 4.69) is 19.2 Å². The minimum absolute atomic E-state index is 0.348. The quantitative estimate of drug-likeness (QED) is 0.723. The third-order valence-corrected chi connectivity index (χ3v) is 3.86. The summed E-state index contributed by atoms with van der Waals surface area (Å²) in [6.45, 7) is 5.69. The molecule has 0 aliphatic heterocycles. The molecule has 0 unspecified atom stereocenters. The number of rotatable bonds is 8. The smallest absolute Gasteiger partial charge is 0.347 e. The second kappa shape index (κ2) is 9.61. The summed E-state index contributed by atoms with van der Waals surface area (Å²) in [4.78, 5) is 24.1. The van der Waals surface area contributed by atoms with Crippen LogP contribution in [0.15, 0.2) is 54.6 Å². The van der Waals surface area contributed by atoms with Crippen molar-refractivity contribution < 1.29 is 19.1 Å². The molecule has 0 heterocycles. The molecule has 0 saturated heterocycles. The molecular weight excluding hydrogens is 330 g/mol. The van der Waals surface area contributed by atoms with Gasteiger partial charge >= 0.3 is 5.97 Å². The first-order valence-corrected chi connectivity index (χ1v) is 8.77. The fourth-order valence-electron chi connectivity index (χ4n) is 2.34. The van der Waals surface area contributed by atoms with Gasteiger partial charge in [-0.3, -0.25) is 4.79 Å². The van der Waals surface area contributed by atoms with E-state index >= 15 is 0 Å². The van der Waals surface area contributed by atoms with Crippen LogP contribution in [0.3, 0.4) is 0 Å². The van der Waals surface area contributed by atoms with Crippen LogP contribution in [0.5, 0.6) is 5.75 Å². The standard InChI is InChI=1S/C21H25NO4/c1-4-19(26-18-8-6-5-7-9-18)21(24)25-14-20(23)22-17-12-10-16(11-13-17)15(2)3/h5-13,15,19H,4,14H2,1-3H3,(H,22,23)/t19-/m0/s1. The highest BCUT2D eigenvalue weighted by atomic mass is 16.6. The molecule has 2 aromatic carbocycles. The van der Waals surface area contributed by atoms with E-state index in [-0.39, 0.29) is 12.5 Å². The van der Waals surface area contributed by atoms with Crippen LogP contribution in [-0.2, 0) is 14.3 Å². The molecule has 0 aliphatic rings. The third kappa shape index (κ3) is 5.92. The maximum Gasteiger partial charge on any atom is 0.347 e. The predicted octanol–water partition coefficient (Wildman–Crippen LogP) is 4.15. The average Bonchev–Trinajstić information content (AvgIpc) is 2.65. The van der Waals surface area contributed by atoms with Gasteiger partial charge in [-0.05, 0) is 42.2 Å². The van der Waals surface area contributed by atoms with Crippen molar-refractivity contribution in [1.29, 1.82) is 0 Å². The largest absolute Gasteiger partial charge is 0.479 e. The van der Waals surface area contributed by atoms with Gasteiger partial charge in [0.25, 0.3) is 5.91 Å². The molecule has 5 nitrogen and oxygen atoms in total. The molecule has 1 amide bonds. The number of nitrogens with one attached hydrogen (secondary N) is 1. The second-order valence-corrected chi connectivity index (χ2v) is 6.26. The maximum absolute atomic E-state index is 12.1. The van der Waals surface area contributed by atoms with E-state index in [9.17, 15) is 9.59 Å². The fraction of sp³-hybridized carbons (Fsp3) is 0.333. The van der Waals surface area contributed by atoms with Crippen LogP contribution in [0.4, 0.5) is 5.69 Å². The van der Waals surface area contributed by atoms with Crippen LogP contribution in [0.2, 0.25) is 0 Å². The Labute approximate surface area is 154 Å². The molecule has 0 fully saturated rings. The molecule has 0 aromatic heterocycles. The number of hydrogen-bond acceptors (Lipinski definition) is 4. The molecule has 0 aliphatic carbocycles. The molecule has 2 aromatic rings. The Morgan fingerprint density at radius 2 is 1.65 bits per heavy atom. The first-order valence-electron chi connectivity index (χ1n) is 8.77. The van der Waals surface area contributed by atoms with Crippen molar-refractivity contribution in [2.45, 2.75) is 39.2 Å². The topological polar surface area (TPSA) is 64.6 Å². The van der Waals surface area contributed by atoms with Crippen molar-refractivity contribution in [2.24, 2.45) is 0 Å². The number of para-hydroxylation sites is 1. The Hall–Kier alpha value is -2.82. The molecule has 138 valence electrons. The monoisotopic (exact) mass is 355 g/mol. The van der Waals surface area contributed by atoms with Crippen molar-refractivity contribution in [3.05, 3.63) is 60.2 Å². The summed E-state index contributed by atoms with van der Waals surface area (Å²) < 4.78 is 10.7. The molecule has 0 bridgehead atoms. The first-order chi connectivity index (χ1) is 12.5. The van der Waals surface area contributed by atoms with Crippen molar-refractivity contribution in [1.82, 2.24) is 0 Å². The van der Waals surface area contributed by atoms with Crippen LogP contribution < -0.4 is 10.1 Å². The summed E-state index contributed by atoms with van der Waals surface area (Å²) >= 11 is 0. The fourth-order valence-corrected chi connectivity index (χ4v) is 2.34. The molecule has 26 heavy (non-hydrogen) atoms. The number of carbonyl (C=O) groups is 2. The van der Waals surface area contributed by atoms with Gasteiger partial charge in [0.15, 0.2) is 12.7 Å². The third-order valence-electron chi connectivity index (χ3n) is 3.86. The Balaban J connectivity index is 1.82. The van der Waals surface area contributed by atoms with Gasteiger partial charge in [0.05, 0.1) is 0 Å². The van der Waals surface area contributed by atoms with E-state index in [1.165, 1.54) is 5.56 Å². The molecule has 1 atom stereocenters. The molecule has 0 radical (unpaired) electrons. The highest BCUT2D eigenvalue weighted by Crippen LogP contribution is 2.17. The van der Waals surface area contributed by atoms with Gasteiger partial charge in [0, 0.05) is 5.69 Å². The van der Waals surface area contributed by atoms with Gasteiger partial charge in [-0.25, -0.2) is 4.79 Å². The van der Waals surface area contributed by atoms with Crippen molar-refractivity contribution in [3.63, 3.8) is 0 Å². The molecule has 0 saturated carbocycles. The predicted molar refractivity (Wildman–Crippen MR) is 101 cm³/mol. The zero-order valence-electron chi connectivity index (χ0n) is 15.4. The summed E-state index contributed by atoms with van der Waals surface area (Å²) in [6.07, 6.45) is -0.290. The molecule has 2 rings (SSSR count). The minimum Gasteiger partial charge on any atom is -0.479 e. The van der Waals surface area contributed by atoms with Gasteiger partial charge < -0.3 is 14.8 Å². The van der Waals surface area contributed by atoms with Crippen molar-refractivity contribution in [3.8, 4) is 5.75 Å². The lowest BCUT2D eigenvalue weighted by atomic mass is 10.0. The van der Waals surface area contributed by atoms with Crippen molar-refractivity contribution >= 4 is 17.6 Å². The van der Waals surface area contributed by atoms with Crippen LogP contribution in [-0.4, -0.2) is 24.6 Å². The lowest BCUT2D eigenvalue weighted by Crippen LogP contribution is -2.31. The van der Waals surface area contributed by atoms with E-state index in [1.54, 1.807) is 12.1 Å². The second-order valence-electron chi connectivity index (χ2n) is 6.26. The summed E-state index contributed by atoms with van der Waals surface area (Å²) in [5.41, 5.74) is 1.86. The van der Waals surface area contributed by atoms with Crippen LogP contribution >= 0.6 is 0 Å². The Morgan fingerprint density at radius 3 is 2.23 bits per heavy atom. The summed E-state index contributed by atoms with van der Waals surface area (Å²) in [5.74, 6) is 0.0779. The number of amides is 1. The highest BCUT2D eigenvalue weighted by Gasteiger charge is 2.21. The number of anilines is 1. The Kier molecular flexibility index (Phi) is 7.21. The lowest BCUT2D eigenvalue weighted by Gasteiger charge is -2.16. The number of carbonyl (C=O) groups excluding carboxylic acids is 2. The minimum atomic E-state index is -0.740. The van der Waals surface area contributed by atoms with E-state index in [0.717, 1.165) is 0 Å². The highest BCUT2D eigenvalue weighted by molar-refractivity contribution is 5.93. The normalized spacial score (nSPS) is 11.7. The van der Waals surface area contributed by atoms with E-state index in [1.807, 2.05) is 49.4 Å².